The Kier molecular flexibility index (Phi) is 5.35. The summed E-state index contributed by atoms with van der Waals surface area (Å²) in [5, 5.41) is 3.29. The molecular weight excluding hydrogens is 214 g/mol. The molecule has 0 fully saturated rings. The highest BCUT2D eigenvalue weighted by molar-refractivity contribution is 5.31. The Bertz CT molecular complexity index is 355. The fraction of sp³-hybridized carbons (Fsp3) is 0.692. The zero-order chi connectivity index (χ0) is 12.8. The highest BCUT2D eigenvalue weighted by atomic mass is 16.5. The van der Waals surface area contributed by atoms with E-state index in [1.165, 1.54) is 0 Å². The predicted molar refractivity (Wildman–Crippen MR) is 69.5 cm³/mol. The number of aromatic nitrogens is 2. The second-order valence-electron chi connectivity index (χ2n) is 4.21. The summed E-state index contributed by atoms with van der Waals surface area (Å²) in [7, 11) is 1.98. The van der Waals surface area contributed by atoms with Gasteiger partial charge in [-0.05, 0) is 34.2 Å². The molecule has 2 atom stereocenters. The SMILES string of the molecule is CCOc1ncnc(C(CC)C(C)NC)c1C. The van der Waals surface area contributed by atoms with Crippen molar-refractivity contribution in [2.75, 3.05) is 13.7 Å². The molecule has 1 heterocycles. The van der Waals surface area contributed by atoms with Gasteiger partial charge in [-0.3, -0.25) is 0 Å². The summed E-state index contributed by atoms with van der Waals surface area (Å²) in [6.07, 6.45) is 2.64. The number of likely N-dealkylation sites (N-methyl/N-ethyl adjacent to an activating group) is 1. The lowest BCUT2D eigenvalue weighted by molar-refractivity contribution is 0.321. The molecule has 0 spiro atoms. The maximum absolute atomic E-state index is 5.51. The Balaban J connectivity index is 3.07. The van der Waals surface area contributed by atoms with Gasteiger partial charge in [0, 0.05) is 17.5 Å². The Morgan fingerprint density at radius 3 is 2.59 bits per heavy atom. The fourth-order valence-electron chi connectivity index (χ4n) is 2.09. The molecule has 1 N–H and O–H groups in total. The van der Waals surface area contributed by atoms with Crippen molar-refractivity contribution in [3.05, 3.63) is 17.6 Å². The molecule has 0 aromatic carbocycles. The second-order valence-corrected chi connectivity index (χ2v) is 4.21. The molecule has 17 heavy (non-hydrogen) atoms. The molecular formula is C13H23N3O. The fourth-order valence-corrected chi connectivity index (χ4v) is 2.09. The van der Waals surface area contributed by atoms with E-state index >= 15 is 0 Å². The summed E-state index contributed by atoms with van der Waals surface area (Å²) < 4.78 is 5.51. The maximum atomic E-state index is 5.51. The third kappa shape index (κ3) is 3.16. The predicted octanol–water partition coefficient (Wildman–Crippen LogP) is 2.29. The van der Waals surface area contributed by atoms with Crippen LogP contribution in [0.4, 0.5) is 0 Å². The molecule has 0 bridgehead atoms. The van der Waals surface area contributed by atoms with Crippen LogP contribution >= 0.6 is 0 Å². The van der Waals surface area contributed by atoms with Crippen molar-refractivity contribution in [3.63, 3.8) is 0 Å². The summed E-state index contributed by atoms with van der Waals surface area (Å²) in [6.45, 7) is 8.99. The highest BCUT2D eigenvalue weighted by Gasteiger charge is 2.21. The van der Waals surface area contributed by atoms with Crippen molar-refractivity contribution in [1.29, 1.82) is 0 Å². The number of rotatable bonds is 6. The zero-order valence-electron chi connectivity index (χ0n) is 11.4. The first kappa shape index (κ1) is 13.9. The number of nitrogens with one attached hydrogen (secondary N) is 1. The Labute approximate surface area is 104 Å². The van der Waals surface area contributed by atoms with E-state index in [0.29, 0.717) is 24.4 Å². The van der Waals surface area contributed by atoms with Gasteiger partial charge in [-0.25, -0.2) is 9.97 Å². The summed E-state index contributed by atoms with van der Waals surface area (Å²) >= 11 is 0. The van der Waals surface area contributed by atoms with Crippen molar-refractivity contribution >= 4 is 0 Å². The molecule has 0 saturated carbocycles. The van der Waals surface area contributed by atoms with Crippen LogP contribution in [0.15, 0.2) is 6.33 Å². The molecule has 0 aliphatic rings. The van der Waals surface area contributed by atoms with Crippen molar-refractivity contribution in [1.82, 2.24) is 15.3 Å². The van der Waals surface area contributed by atoms with Gasteiger partial charge in [0.05, 0.1) is 12.3 Å². The molecule has 4 nitrogen and oxygen atoms in total. The van der Waals surface area contributed by atoms with E-state index in [9.17, 15) is 0 Å². The van der Waals surface area contributed by atoms with Crippen LogP contribution in [-0.4, -0.2) is 29.7 Å². The lowest BCUT2D eigenvalue weighted by Crippen LogP contribution is -2.29. The first-order valence-corrected chi connectivity index (χ1v) is 6.27. The van der Waals surface area contributed by atoms with E-state index in [4.69, 9.17) is 4.74 Å². The average Bonchev–Trinajstić information content (AvgIpc) is 2.34. The van der Waals surface area contributed by atoms with Crippen LogP contribution in [0.25, 0.3) is 0 Å². The summed E-state index contributed by atoms with van der Waals surface area (Å²) in [5.74, 6) is 1.10. The third-order valence-electron chi connectivity index (χ3n) is 3.21. The summed E-state index contributed by atoms with van der Waals surface area (Å²) in [4.78, 5) is 8.61. The van der Waals surface area contributed by atoms with Crippen LogP contribution in [-0.2, 0) is 0 Å². The van der Waals surface area contributed by atoms with Gasteiger partial charge in [0.15, 0.2) is 0 Å². The molecule has 2 unspecified atom stereocenters. The van der Waals surface area contributed by atoms with Crippen molar-refractivity contribution in [3.8, 4) is 5.88 Å². The van der Waals surface area contributed by atoms with E-state index in [1.54, 1.807) is 6.33 Å². The van der Waals surface area contributed by atoms with Gasteiger partial charge in [-0.15, -0.1) is 0 Å². The van der Waals surface area contributed by atoms with E-state index in [1.807, 2.05) is 20.9 Å². The summed E-state index contributed by atoms with van der Waals surface area (Å²) in [5.41, 5.74) is 2.15. The third-order valence-corrected chi connectivity index (χ3v) is 3.21. The van der Waals surface area contributed by atoms with Gasteiger partial charge in [0.2, 0.25) is 5.88 Å². The van der Waals surface area contributed by atoms with Crippen LogP contribution in [0.1, 0.15) is 44.4 Å². The van der Waals surface area contributed by atoms with Gasteiger partial charge >= 0.3 is 0 Å². The minimum atomic E-state index is 0.391. The molecule has 0 aliphatic carbocycles. The topological polar surface area (TPSA) is 47.0 Å². The smallest absolute Gasteiger partial charge is 0.219 e. The van der Waals surface area contributed by atoms with Crippen LogP contribution < -0.4 is 10.1 Å². The monoisotopic (exact) mass is 237 g/mol. The van der Waals surface area contributed by atoms with Crippen LogP contribution in [0.2, 0.25) is 0 Å². The average molecular weight is 237 g/mol. The molecule has 1 rings (SSSR count). The van der Waals surface area contributed by atoms with Crippen LogP contribution in [0, 0.1) is 6.92 Å². The Hall–Kier alpha value is -1.16. The molecule has 0 radical (unpaired) electrons. The molecule has 4 heteroatoms. The van der Waals surface area contributed by atoms with E-state index in [2.05, 4.69) is 29.1 Å². The van der Waals surface area contributed by atoms with E-state index < -0.39 is 0 Å². The van der Waals surface area contributed by atoms with Crippen LogP contribution in [0.3, 0.4) is 0 Å². The first-order valence-electron chi connectivity index (χ1n) is 6.27. The minimum absolute atomic E-state index is 0.391. The molecule has 0 amide bonds. The van der Waals surface area contributed by atoms with Crippen molar-refractivity contribution in [2.45, 2.75) is 46.1 Å². The van der Waals surface area contributed by atoms with Crippen molar-refractivity contribution in [2.24, 2.45) is 0 Å². The largest absolute Gasteiger partial charge is 0.478 e. The van der Waals surface area contributed by atoms with E-state index in [-0.39, 0.29) is 0 Å². The molecule has 1 aromatic rings. The number of hydrogen-bond acceptors (Lipinski definition) is 4. The zero-order valence-corrected chi connectivity index (χ0v) is 11.4. The minimum Gasteiger partial charge on any atom is -0.478 e. The van der Waals surface area contributed by atoms with Gasteiger partial charge in [0.1, 0.15) is 6.33 Å². The summed E-state index contributed by atoms with van der Waals surface area (Å²) in [6, 6.07) is 0.392. The second kappa shape index (κ2) is 6.55. The highest BCUT2D eigenvalue weighted by Crippen LogP contribution is 2.27. The quantitative estimate of drug-likeness (QED) is 0.824. The van der Waals surface area contributed by atoms with Gasteiger partial charge < -0.3 is 10.1 Å². The van der Waals surface area contributed by atoms with Gasteiger partial charge in [-0.2, -0.15) is 0 Å². The Morgan fingerprint density at radius 1 is 1.35 bits per heavy atom. The first-order chi connectivity index (χ1) is 8.15. The lowest BCUT2D eigenvalue weighted by Gasteiger charge is -2.23. The molecule has 1 aromatic heterocycles. The number of hydrogen-bond donors (Lipinski definition) is 1. The standard InChI is InChI=1S/C13H23N3O/c1-6-11(10(4)14-5)12-9(3)13(17-7-2)16-8-15-12/h8,10-11,14H,6-7H2,1-5H3. The normalized spacial score (nSPS) is 14.4. The lowest BCUT2D eigenvalue weighted by atomic mass is 9.92. The van der Waals surface area contributed by atoms with Crippen molar-refractivity contribution < 1.29 is 4.74 Å². The number of nitrogens with zero attached hydrogens (tertiary/aromatic N) is 2. The molecule has 96 valence electrons. The van der Waals surface area contributed by atoms with Crippen LogP contribution in [0.5, 0.6) is 5.88 Å². The van der Waals surface area contributed by atoms with Gasteiger partial charge in [0.25, 0.3) is 0 Å². The molecule has 0 saturated heterocycles. The maximum Gasteiger partial charge on any atom is 0.219 e. The van der Waals surface area contributed by atoms with E-state index in [0.717, 1.165) is 17.7 Å². The molecule has 0 aliphatic heterocycles. The Morgan fingerprint density at radius 2 is 2.06 bits per heavy atom. The van der Waals surface area contributed by atoms with Gasteiger partial charge in [-0.1, -0.05) is 6.92 Å². The number of ether oxygens (including phenoxy) is 1.